The molecule has 0 fully saturated rings. The minimum absolute atomic E-state index is 0.374. The zero-order valence-electron chi connectivity index (χ0n) is 13.2. The van der Waals surface area contributed by atoms with Crippen LogP contribution in [0.5, 0.6) is 0 Å². The van der Waals surface area contributed by atoms with E-state index in [-0.39, 0.29) is 5.97 Å². The van der Waals surface area contributed by atoms with Gasteiger partial charge >= 0.3 is 5.97 Å². The van der Waals surface area contributed by atoms with E-state index in [1.165, 1.54) is 0 Å². The van der Waals surface area contributed by atoms with Gasteiger partial charge in [-0.05, 0) is 45.4 Å². The Hall–Kier alpha value is -1.71. The fourth-order valence-corrected chi connectivity index (χ4v) is 1.82. The number of nitrogens with two attached hydrogens (primary N) is 1. The average Bonchev–Trinajstić information content (AvgIpc) is 2.34. The highest BCUT2D eigenvalue weighted by molar-refractivity contribution is 5.96. The first-order chi connectivity index (χ1) is 9.24. The van der Waals surface area contributed by atoms with E-state index in [0.717, 1.165) is 25.1 Å². The number of hydrogen-bond acceptors (Lipinski definition) is 4. The third-order valence-electron chi connectivity index (χ3n) is 2.94. The Morgan fingerprint density at radius 3 is 2.55 bits per heavy atom. The Kier molecular flexibility index (Phi) is 5.43. The van der Waals surface area contributed by atoms with Crippen molar-refractivity contribution in [1.82, 2.24) is 0 Å². The van der Waals surface area contributed by atoms with Gasteiger partial charge in [0.05, 0.1) is 5.56 Å². The number of ether oxygens (including phenoxy) is 1. The topological polar surface area (TPSA) is 55.6 Å². The molecule has 0 amide bonds. The predicted octanol–water partition coefficient (Wildman–Crippen LogP) is 3.46. The minimum Gasteiger partial charge on any atom is -0.456 e. The molecule has 2 N–H and O–H groups in total. The lowest BCUT2D eigenvalue weighted by atomic mass is 10.1. The lowest BCUT2D eigenvalue weighted by Gasteiger charge is -2.22. The molecule has 0 aliphatic rings. The molecule has 1 rings (SSSR count). The Bertz CT molecular complexity index is 464. The fourth-order valence-electron chi connectivity index (χ4n) is 1.82. The number of unbranched alkanes of at least 4 members (excludes halogenated alkanes) is 1. The summed E-state index contributed by atoms with van der Waals surface area (Å²) in [6, 6.07) is 5.50. The Labute approximate surface area is 121 Å². The van der Waals surface area contributed by atoms with E-state index in [2.05, 4.69) is 11.8 Å². The summed E-state index contributed by atoms with van der Waals surface area (Å²) in [4.78, 5) is 14.3. The first-order valence-electron chi connectivity index (χ1n) is 7.08. The molecule has 0 aliphatic heterocycles. The van der Waals surface area contributed by atoms with E-state index >= 15 is 0 Å². The molecule has 0 unspecified atom stereocenters. The van der Waals surface area contributed by atoms with E-state index in [4.69, 9.17) is 10.5 Å². The van der Waals surface area contributed by atoms with Gasteiger partial charge in [0.25, 0.3) is 0 Å². The molecule has 4 heteroatoms. The van der Waals surface area contributed by atoms with E-state index in [1.807, 2.05) is 33.9 Å². The van der Waals surface area contributed by atoms with Crippen molar-refractivity contribution in [3.63, 3.8) is 0 Å². The molecule has 0 heterocycles. The van der Waals surface area contributed by atoms with E-state index in [0.29, 0.717) is 11.3 Å². The van der Waals surface area contributed by atoms with Gasteiger partial charge in [0, 0.05) is 25.0 Å². The standard InChI is InChI=1S/C16H26N2O2/c1-6-7-10-18(5)12-8-9-14(17)13(11-12)15(19)20-16(2,3)4/h8-9,11H,6-7,10,17H2,1-5H3. The van der Waals surface area contributed by atoms with Crippen molar-refractivity contribution in [2.24, 2.45) is 0 Å². The van der Waals surface area contributed by atoms with Crippen LogP contribution in [0.15, 0.2) is 18.2 Å². The molecule has 0 bridgehead atoms. The van der Waals surface area contributed by atoms with Crippen LogP contribution in [0.25, 0.3) is 0 Å². The number of esters is 1. The first-order valence-corrected chi connectivity index (χ1v) is 7.08. The fraction of sp³-hybridized carbons (Fsp3) is 0.562. The summed E-state index contributed by atoms with van der Waals surface area (Å²) < 4.78 is 5.38. The summed E-state index contributed by atoms with van der Waals surface area (Å²) in [6.45, 7) is 8.64. The number of nitrogens with zero attached hydrogens (tertiary/aromatic N) is 1. The van der Waals surface area contributed by atoms with Gasteiger partial charge in [-0.2, -0.15) is 0 Å². The second-order valence-electron chi connectivity index (χ2n) is 6.05. The van der Waals surface area contributed by atoms with Crippen LogP contribution in [-0.2, 0) is 4.74 Å². The number of hydrogen-bond donors (Lipinski definition) is 1. The van der Waals surface area contributed by atoms with E-state index < -0.39 is 5.60 Å². The van der Waals surface area contributed by atoms with Gasteiger partial charge in [0.2, 0.25) is 0 Å². The van der Waals surface area contributed by atoms with Crippen LogP contribution in [0.1, 0.15) is 50.9 Å². The van der Waals surface area contributed by atoms with Gasteiger partial charge < -0.3 is 15.4 Å². The van der Waals surface area contributed by atoms with Gasteiger partial charge in [0.15, 0.2) is 0 Å². The summed E-state index contributed by atoms with van der Waals surface area (Å²) in [5.41, 5.74) is 7.23. The van der Waals surface area contributed by atoms with E-state index in [1.54, 1.807) is 12.1 Å². The molecule has 20 heavy (non-hydrogen) atoms. The lowest BCUT2D eigenvalue weighted by molar-refractivity contribution is 0.00708. The van der Waals surface area contributed by atoms with Crippen LogP contribution in [0.2, 0.25) is 0 Å². The highest BCUT2D eigenvalue weighted by Crippen LogP contribution is 2.23. The molecule has 0 spiro atoms. The van der Waals surface area contributed by atoms with Crippen molar-refractivity contribution in [2.75, 3.05) is 24.2 Å². The molecule has 0 aliphatic carbocycles. The number of nitrogen functional groups attached to an aromatic ring is 1. The molecule has 0 saturated carbocycles. The molecule has 1 aromatic carbocycles. The average molecular weight is 278 g/mol. The number of carbonyl (C=O) groups is 1. The Morgan fingerprint density at radius 1 is 1.35 bits per heavy atom. The minimum atomic E-state index is -0.520. The van der Waals surface area contributed by atoms with Crippen molar-refractivity contribution >= 4 is 17.3 Å². The van der Waals surface area contributed by atoms with E-state index in [9.17, 15) is 4.79 Å². The smallest absolute Gasteiger partial charge is 0.340 e. The number of carbonyl (C=O) groups excluding carboxylic acids is 1. The summed E-state index contributed by atoms with van der Waals surface area (Å²) in [6.07, 6.45) is 2.25. The van der Waals surface area contributed by atoms with Crippen LogP contribution in [-0.4, -0.2) is 25.2 Å². The number of benzene rings is 1. The van der Waals surface area contributed by atoms with Crippen molar-refractivity contribution in [3.05, 3.63) is 23.8 Å². The monoisotopic (exact) mass is 278 g/mol. The highest BCUT2D eigenvalue weighted by atomic mass is 16.6. The molecule has 0 saturated heterocycles. The van der Waals surface area contributed by atoms with Gasteiger partial charge in [-0.3, -0.25) is 0 Å². The Balaban J connectivity index is 2.94. The van der Waals surface area contributed by atoms with Gasteiger partial charge in [-0.1, -0.05) is 13.3 Å². The van der Waals surface area contributed by atoms with Crippen LogP contribution < -0.4 is 10.6 Å². The van der Waals surface area contributed by atoms with Crippen molar-refractivity contribution in [3.8, 4) is 0 Å². The van der Waals surface area contributed by atoms with Crippen molar-refractivity contribution in [1.29, 1.82) is 0 Å². The first kappa shape index (κ1) is 16.3. The second-order valence-corrected chi connectivity index (χ2v) is 6.05. The SMILES string of the molecule is CCCCN(C)c1ccc(N)c(C(=O)OC(C)(C)C)c1. The van der Waals surface area contributed by atoms with Crippen molar-refractivity contribution < 1.29 is 9.53 Å². The molecule has 0 radical (unpaired) electrons. The maximum atomic E-state index is 12.1. The van der Waals surface area contributed by atoms with Crippen molar-refractivity contribution in [2.45, 2.75) is 46.1 Å². The number of rotatable bonds is 5. The zero-order valence-corrected chi connectivity index (χ0v) is 13.2. The molecule has 1 aromatic rings. The quantitative estimate of drug-likeness (QED) is 0.662. The van der Waals surface area contributed by atoms with Crippen LogP contribution in [0, 0.1) is 0 Å². The second kappa shape index (κ2) is 6.64. The van der Waals surface area contributed by atoms with Gasteiger partial charge in [-0.25, -0.2) is 4.79 Å². The predicted molar refractivity (Wildman–Crippen MR) is 84.2 cm³/mol. The molecule has 4 nitrogen and oxygen atoms in total. The van der Waals surface area contributed by atoms with Crippen LogP contribution in [0.3, 0.4) is 0 Å². The lowest BCUT2D eigenvalue weighted by Crippen LogP contribution is -2.25. The molecular formula is C16H26N2O2. The molecular weight excluding hydrogens is 252 g/mol. The molecule has 0 atom stereocenters. The number of anilines is 2. The summed E-state index contributed by atoms with van der Waals surface area (Å²) in [5, 5.41) is 0. The zero-order chi connectivity index (χ0) is 15.3. The Morgan fingerprint density at radius 2 is 2.00 bits per heavy atom. The van der Waals surface area contributed by atoms with Crippen LogP contribution in [0.4, 0.5) is 11.4 Å². The largest absolute Gasteiger partial charge is 0.456 e. The highest BCUT2D eigenvalue weighted by Gasteiger charge is 2.20. The van der Waals surface area contributed by atoms with Gasteiger partial charge in [-0.15, -0.1) is 0 Å². The van der Waals surface area contributed by atoms with Crippen LogP contribution >= 0.6 is 0 Å². The maximum absolute atomic E-state index is 12.1. The summed E-state index contributed by atoms with van der Waals surface area (Å²) in [7, 11) is 2.01. The van der Waals surface area contributed by atoms with Gasteiger partial charge in [0.1, 0.15) is 5.60 Å². The maximum Gasteiger partial charge on any atom is 0.340 e. The third-order valence-corrected chi connectivity index (χ3v) is 2.94. The summed E-state index contributed by atoms with van der Waals surface area (Å²) in [5.74, 6) is -0.374. The molecule has 112 valence electrons. The third kappa shape index (κ3) is 4.76. The summed E-state index contributed by atoms with van der Waals surface area (Å²) >= 11 is 0. The molecule has 0 aromatic heterocycles. The normalized spacial score (nSPS) is 11.2.